The molecule has 0 fully saturated rings. The number of fused-ring (bicyclic) bond motifs is 2. The van der Waals surface area contributed by atoms with Crippen LogP contribution in [0.3, 0.4) is 0 Å². The Balaban J connectivity index is 1.50. The van der Waals surface area contributed by atoms with Crippen LogP contribution in [-0.4, -0.2) is 41.6 Å². The summed E-state index contributed by atoms with van der Waals surface area (Å²) >= 11 is 6.45. The third kappa shape index (κ3) is 5.30. The molecular formula is C31H31ClN4. The van der Waals surface area contributed by atoms with Crippen LogP contribution in [0.15, 0.2) is 79.0 Å². The second-order valence-electron chi connectivity index (χ2n) is 9.50. The van der Waals surface area contributed by atoms with Crippen LogP contribution < -0.4 is 5.32 Å². The number of benzene rings is 3. The van der Waals surface area contributed by atoms with Gasteiger partial charge in [-0.15, -0.1) is 0 Å². The van der Waals surface area contributed by atoms with Gasteiger partial charge in [-0.2, -0.15) is 0 Å². The summed E-state index contributed by atoms with van der Waals surface area (Å²) in [5, 5.41) is 6.77. The summed E-state index contributed by atoms with van der Waals surface area (Å²) in [5.41, 5.74) is 7.73. The molecule has 0 radical (unpaired) electrons. The van der Waals surface area contributed by atoms with Crippen LogP contribution in [0.1, 0.15) is 22.4 Å². The smallest absolute Gasteiger partial charge is 0.0730 e. The van der Waals surface area contributed by atoms with Gasteiger partial charge in [0.25, 0.3) is 0 Å². The summed E-state index contributed by atoms with van der Waals surface area (Å²) in [4.78, 5) is 7.12. The van der Waals surface area contributed by atoms with Crippen molar-refractivity contribution in [3.63, 3.8) is 0 Å². The van der Waals surface area contributed by atoms with Crippen LogP contribution in [0.4, 0.5) is 5.69 Å². The van der Waals surface area contributed by atoms with Crippen LogP contribution in [0, 0.1) is 6.92 Å². The molecule has 0 saturated heterocycles. The molecule has 0 saturated carbocycles. The number of para-hydroxylation sites is 1. The Bertz CT molecular complexity index is 1550. The number of halogens is 1. The van der Waals surface area contributed by atoms with Gasteiger partial charge in [0, 0.05) is 58.4 Å². The lowest BCUT2D eigenvalue weighted by Crippen LogP contribution is -2.20. The third-order valence-corrected chi connectivity index (χ3v) is 6.78. The van der Waals surface area contributed by atoms with Crippen LogP contribution in [-0.2, 0) is 6.54 Å². The number of anilines is 1. The first-order chi connectivity index (χ1) is 17.5. The van der Waals surface area contributed by atoms with E-state index in [1.54, 1.807) is 0 Å². The molecule has 5 rings (SSSR count). The second kappa shape index (κ2) is 10.6. The number of hydrogen-bond acceptors (Lipinski definition) is 3. The van der Waals surface area contributed by atoms with E-state index in [4.69, 9.17) is 16.6 Å². The molecule has 0 aliphatic carbocycles. The van der Waals surface area contributed by atoms with E-state index in [0.29, 0.717) is 0 Å². The number of aromatic nitrogens is 2. The molecule has 2 aromatic heterocycles. The highest BCUT2D eigenvalue weighted by molar-refractivity contribution is 6.31. The lowest BCUT2D eigenvalue weighted by Gasteiger charge is -2.14. The average molecular weight is 495 g/mol. The highest BCUT2D eigenvalue weighted by Gasteiger charge is 2.09. The number of pyridine rings is 1. The summed E-state index contributed by atoms with van der Waals surface area (Å²) in [6.07, 6.45) is 6.47. The Labute approximate surface area is 217 Å². The highest BCUT2D eigenvalue weighted by atomic mass is 35.5. The van der Waals surface area contributed by atoms with Crippen LogP contribution in [0.25, 0.3) is 34.0 Å². The summed E-state index contributed by atoms with van der Waals surface area (Å²) in [5.74, 6) is 0. The van der Waals surface area contributed by atoms with Crippen LogP contribution in [0.2, 0.25) is 5.02 Å². The average Bonchev–Trinajstić information content (AvgIpc) is 3.21. The maximum atomic E-state index is 6.45. The number of hydrogen-bond donors (Lipinski definition) is 1. The fourth-order valence-electron chi connectivity index (χ4n) is 4.53. The molecule has 36 heavy (non-hydrogen) atoms. The molecule has 0 spiro atoms. The maximum Gasteiger partial charge on any atom is 0.0730 e. The van der Waals surface area contributed by atoms with Crippen molar-refractivity contribution in [1.29, 1.82) is 0 Å². The largest absolute Gasteiger partial charge is 0.383 e. The molecule has 182 valence electrons. The molecule has 0 aliphatic heterocycles. The first-order valence-electron chi connectivity index (χ1n) is 12.3. The standard InChI is InChI=1S/C31H31ClN4/c1-22-12-15-29-27(18-22)30(33-16-17-35(2)3)19-25(34-29)14-13-23-20-36(31-11-7-5-9-26(23)31)21-24-8-4-6-10-28(24)32/h4-15,18-20H,16-17,21H2,1-3H3,(H,33,34)/b14-13+. The summed E-state index contributed by atoms with van der Waals surface area (Å²) in [6.45, 7) is 4.68. The van der Waals surface area contributed by atoms with E-state index in [9.17, 15) is 0 Å². The molecule has 0 bridgehead atoms. The van der Waals surface area contributed by atoms with Gasteiger partial charge < -0.3 is 14.8 Å². The van der Waals surface area contributed by atoms with Gasteiger partial charge in [0.05, 0.1) is 11.2 Å². The molecule has 5 heteroatoms. The Kier molecular flexibility index (Phi) is 7.08. The molecule has 0 amide bonds. The fraction of sp³-hybridized carbons (Fsp3) is 0.194. The number of nitrogens with zero attached hydrogens (tertiary/aromatic N) is 3. The van der Waals surface area contributed by atoms with Crippen molar-refractivity contribution in [2.45, 2.75) is 13.5 Å². The predicted octanol–water partition coefficient (Wildman–Crippen LogP) is 7.34. The molecule has 0 aliphatic rings. The SMILES string of the molecule is Cc1ccc2nc(/C=C/c3cn(Cc4ccccc4Cl)c4ccccc34)cc(NCCN(C)C)c2c1. The van der Waals surface area contributed by atoms with E-state index in [1.165, 1.54) is 16.5 Å². The quantitative estimate of drug-likeness (QED) is 0.245. The zero-order valence-electron chi connectivity index (χ0n) is 21.0. The van der Waals surface area contributed by atoms with Gasteiger partial charge in [0.2, 0.25) is 0 Å². The molecule has 0 unspecified atom stereocenters. The zero-order chi connectivity index (χ0) is 25.1. The van der Waals surface area contributed by atoms with E-state index >= 15 is 0 Å². The van der Waals surface area contributed by atoms with E-state index in [2.05, 4.69) is 109 Å². The van der Waals surface area contributed by atoms with Crippen molar-refractivity contribution in [1.82, 2.24) is 14.5 Å². The minimum atomic E-state index is 0.724. The van der Waals surface area contributed by atoms with Crippen LogP contribution >= 0.6 is 11.6 Å². The van der Waals surface area contributed by atoms with Gasteiger partial charge in [0.15, 0.2) is 0 Å². The van der Waals surface area contributed by atoms with E-state index < -0.39 is 0 Å². The van der Waals surface area contributed by atoms with Crippen molar-refractivity contribution >= 4 is 51.2 Å². The summed E-state index contributed by atoms with van der Waals surface area (Å²) < 4.78 is 2.26. The second-order valence-corrected chi connectivity index (χ2v) is 9.91. The van der Waals surface area contributed by atoms with E-state index in [-0.39, 0.29) is 0 Å². The predicted molar refractivity (Wildman–Crippen MR) is 155 cm³/mol. The number of nitrogens with one attached hydrogen (secondary N) is 1. The van der Waals surface area contributed by atoms with Crippen molar-refractivity contribution in [2.75, 3.05) is 32.5 Å². The lowest BCUT2D eigenvalue weighted by molar-refractivity contribution is 0.425. The number of rotatable bonds is 8. The molecule has 0 atom stereocenters. The normalized spacial score (nSPS) is 11.8. The van der Waals surface area contributed by atoms with Gasteiger partial charge in [-0.3, -0.25) is 0 Å². The summed E-state index contributed by atoms with van der Waals surface area (Å²) in [7, 11) is 4.18. The van der Waals surface area contributed by atoms with Gasteiger partial charge in [0.1, 0.15) is 0 Å². The van der Waals surface area contributed by atoms with E-state index in [1.807, 2.05) is 18.2 Å². The topological polar surface area (TPSA) is 33.1 Å². The maximum absolute atomic E-state index is 6.45. The molecule has 4 nitrogen and oxygen atoms in total. The first-order valence-corrected chi connectivity index (χ1v) is 12.6. The first kappa shape index (κ1) is 24.1. The van der Waals surface area contributed by atoms with Gasteiger partial charge in [-0.05, 0) is 63.0 Å². The van der Waals surface area contributed by atoms with Gasteiger partial charge >= 0.3 is 0 Å². The van der Waals surface area contributed by atoms with Gasteiger partial charge in [-0.1, -0.05) is 65.7 Å². The molecule has 3 aromatic carbocycles. The zero-order valence-corrected chi connectivity index (χ0v) is 21.8. The highest BCUT2D eigenvalue weighted by Crippen LogP contribution is 2.28. The van der Waals surface area contributed by atoms with Crippen molar-refractivity contribution in [2.24, 2.45) is 0 Å². The van der Waals surface area contributed by atoms with E-state index in [0.717, 1.165) is 58.1 Å². The minimum Gasteiger partial charge on any atom is -0.383 e. The molecule has 2 heterocycles. The Morgan fingerprint density at radius 2 is 1.75 bits per heavy atom. The number of aryl methyl sites for hydroxylation is 1. The lowest BCUT2D eigenvalue weighted by atomic mass is 10.1. The Morgan fingerprint density at radius 3 is 2.58 bits per heavy atom. The molecular weight excluding hydrogens is 464 g/mol. The molecule has 5 aromatic rings. The third-order valence-electron chi connectivity index (χ3n) is 6.41. The Hall–Kier alpha value is -3.60. The number of likely N-dealkylation sites (N-methyl/N-ethyl adjacent to an activating group) is 1. The minimum absolute atomic E-state index is 0.724. The molecule has 1 N–H and O–H groups in total. The summed E-state index contributed by atoms with van der Waals surface area (Å²) in [6, 6.07) is 25.1. The van der Waals surface area contributed by atoms with Crippen molar-refractivity contribution < 1.29 is 0 Å². The van der Waals surface area contributed by atoms with Crippen molar-refractivity contribution in [3.05, 3.63) is 106 Å². The monoisotopic (exact) mass is 494 g/mol. The fourth-order valence-corrected chi connectivity index (χ4v) is 4.73. The van der Waals surface area contributed by atoms with Gasteiger partial charge in [-0.25, -0.2) is 4.98 Å². The van der Waals surface area contributed by atoms with Crippen LogP contribution in [0.5, 0.6) is 0 Å². The van der Waals surface area contributed by atoms with Crippen molar-refractivity contribution in [3.8, 4) is 0 Å². The Morgan fingerprint density at radius 1 is 0.944 bits per heavy atom.